The van der Waals surface area contributed by atoms with Gasteiger partial charge in [0, 0.05) is 38.4 Å². The van der Waals surface area contributed by atoms with Crippen LogP contribution in [0.25, 0.3) is 33.2 Å². The van der Waals surface area contributed by atoms with Gasteiger partial charge in [-0.15, -0.1) is 0 Å². The number of aromatic nitrogens is 4. The summed E-state index contributed by atoms with van der Waals surface area (Å²) < 4.78 is 10.2. The Balaban J connectivity index is 1.65. The summed E-state index contributed by atoms with van der Waals surface area (Å²) in [7, 11) is 0.982. The van der Waals surface area contributed by atoms with Gasteiger partial charge < -0.3 is 13.9 Å². The standard InChI is InChI=1S/C22H27ClN4OSi/c1-15-8-20-18(25-13-27(20)14-28-6-7-29(3,4)5)11-17(15)19-9-16-10-22(23)24-12-21(16)26(19)2/h8-13H,6-7,14H2,1-5H3. The van der Waals surface area contributed by atoms with Crippen molar-refractivity contribution in [1.29, 1.82) is 0 Å². The molecule has 0 radical (unpaired) electrons. The molecule has 4 rings (SSSR count). The molecule has 4 aromatic rings. The van der Waals surface area contributed by atoms with Crippen molar-refractivity contribution in [3.63, 3.8) is 0 Å². The van der Waals surface area contributed by atoms with Crippen LogP contribution in [0.2, 0.25) is 30.8 Å². The monoisotopic (exact) mass is 426 g/mol. The van der Waals surface area contributed by atoms with Gasteiger partial charge in [-0.1, -0.05) is 31.2 Å². The number of pyridine rings is 1. The highest BCUT2D eigenvalue weighted by Gasteiger charge is 2.15. The van der Waals surface area contributed by atoms with Crippen LogP contribution in [-0.4, -0.2) is 33.8 Å². The Hall–Kier alpha value is -2.15. The lowest BCUT2D eigenvalue weighted by Gasteiger charge is -2.15. The predicted molar refractivity (Wildman–Crippen MR) is 123 cm³/mol. The molecule has 1 aromatic carbocycles. The molecule has 0 bridgehead atoms. The normalized spacial score (nSPS) is 12.3. The second-order valence-corrected chi connectivity index (χ2v) is 14.9. The lowest BCUT2D eigenvalue weighted by molar-refractivity contribution is 0.0898. The van der Waals surface area contributed by atoms with E-state index in [1.807, 2.05) is 18.6 Å². The number of halogens is 1. The molecule has 3 heterocycles. The first-order valence-electron chi connectivity index (χ1n) is 9.87. The topological polar surface area (TPSA) is 44.9 Å². The van der Waals surface area contributed by atoms with Crippen LogP contribution in [-0.2, 0) is 18.5 Å². The highest BCUT2D eigenvalue weighted by molar-refractivity contribution is 6.76. The van der Waals surface area contributed by atoms with Gasteiger partial charge in [0.15, 0.2) is 0 Å². The maximum atomic E-state index is 6.07. The third kappa shape index (κ3) is 4.10. The van der Waals surface area contributed by atoms with Crippen LogP contribution in [0, 0.1) is 6.92 Å². The third-order valence-corrected chi connectivity index (χ3v) is 7.28. The van der Waals surface area contributed by atoms with E-state index in [4.69, 9.17) is 16.3 Å². The van der Waals surface area contributed by atoms with Gasteiger partial charge in [0.2, 0.25) is 0 Å². The van der Waals surface area contributed by atoms with Gasteiger partial charge in [-0.25, -0.2) is 9.97 Å². The van der Waals surface area contributed by atoms with Crippen LogP contribution in [0.5, 0.6) is 0 Å². The zero-order chi connectivity index (χ0) is 20.8. The van der Waals surface area contributed by atoms with E-state index in [0.29, 0.717) is 11.9 Å². The van der Waals surface area contributed by atoms with Gasteiger partial charge in [0.1, 0.15) is 11.9 Å². The van der Waals surface area contributed by atoms with Crippen LogP contribution in [0.3, 0.4) is 0 Å². The van der Waals surface area contributed by atoms with Crippen LogP contribution in [0.15, 0.2) is 36.8 Å². The molecule has 0 saturated heterocycles. The Kier molecular flexibility index (Phi) is 5.27. The highest BCUT2D eigenvalue weighted by atomic mass is 35.5. The second-order valence-electron chi connectivity index (χ2n) is 8.87. The molecular weight excluding hydrogens is 400 g/mol. The number of imidazole rings is 1. The summed E-state index contributed by atoms with van der Waals surface area (Å²) in [5, 5.41) is 1.60. The minimum Gasteiger partial charge on any atom is -0.361 e. The van der Waals surface area contributed by atoms with E-state index < -0.39 is 8.07 Å². The van der Waals surface area contributed by atoms with Gasteiger partial charge in [0.25, 0.3) is 0 Å². The van der Waals surface area contributed by atoms with Crippen molar-refractivity contribution in [1.82, 2.24) is 19.1 Å². The van der Waals surface area contributed by atoms with E-state index in [-0.39, 0.29) is 0 Å². The Morgan fingerprint density at radius 1 is 1.07 bits per heavy atom. The van der Waals surface area contributed by atoms with E-state index in [0.717, 1.165) is 39.8 Å². The Morgan fingerprint density at radius 2 is 1.86 bits per heavy atom. The van der Waals surface area contributed by atoms with Crippen molar-refractivity contribution in [2.45, 2.75) is 39.3 Å². The molecule has 0 spiro atoms. The van der Waals surface area contributed by atoms with Crippen molar-refractivity contribution < 1.29 is 4.74 Å². The largest absolute Gasteiger partial charge is 0.361 e. The molecule has 0 unspecified atom stereocenters. The van der Waals surface area contributed by atoms with Crippen molar-refractivity contribution in [2.24, 2.45) is 7.05 Å². The summed E-state index contributed by atoms with van der Waals surface area (Å²) in [6, 6.07) is 9.59. The number of rotatable bonds is 6. The number of hydrogen-bond acceptors (Lipinski definition) is 3. The molecule has 0 atom stereocenters. The minimum absolute atomic E-state index is 0.509. The fraction of sp³-hybridized carbons (Fsp3) is 0.364. The summed E-state index contributed by atoms with van der Waals surface area (Å²) in [6.07, 6.45) is 3.69. The average Bonchev–Trinajstić information content (AvgIpc) is 3.17. The molecule has 0 aliphatic heterocycles. The van der Waals surface area contributed by atoms with Gasteiger partial charge in [0.05, 0.1) is 29.1 Å². The minimum atomic E-state index is -1.08. The lowest BCUT2D eigenvalue weighted by atomic mass is 10.0. The van der Waals surface area contributed by atoms with Crippen LogP contribution >= 0.6 is 11.6 Å². The first-order valence-corrected chi connectivity index (χ1v) is 14.0. The Morgan fingerprint density at radius 3 is 2.62 bits per heavy atom. The zero-order valence-corrected chi connectivity index (χ0v) is 19.4. The number of ether oxygens (including phenoxy) is 1. The van der Waals surface area contributed by atoms with Crippen molar-refractivity contribution in [3.05, 3.63) is 47.5 Å². The van der Waals surface area contributed by atoms with Gasteiger partial charge >= 0.3 is 0 Å². The van der Waals surface area contributed by atoms with E-state index >= 15 is 0 Å². The fourth-order valence-electron chi connectivity index (χ4n) is 3.59. The van der Waals surface area contributed by atoms with Gasteiger partial charge in [-0.2, -0.15) is 0 Å². The van der Waals surface area contributed by atoms with Gasteiger partial charge in [-0.3, -0.25) is 0 Å². The number of benzene rings is 1. The first-order chi connectivity index (χ1) is 13.7. The highest BCUT2D eigenvalue weighted by Crippen LogP contribution is 2.32. The summed E-state index contributed by atoms with van der Waals surface area (Å²) in [4.78, 5) is 8.84. The maximum Gasteiger partial charge on any atom is 0.129 e. The van der Waals surface area contributed by atoms with Crippen LogP contribution in [0.1, 0.15) is 5.56 Å². The molecular formula is C22H27ClN4OSi. The van der Waals surface area contributed by atoms with Crippen molar-refractivity contribution in [3.8, 4) is 11.3 Å². The first kappa shape index (κ1) is 20.1. The number of fused-ring (bicyclic) bond motifs is 2. The molecule has 152 valence electrons. The molecule has 3 aromatic heterocycles. The van der Waals surface area contributed by atoms with E-state index in [1.165, 1.54) is 11.6 Å². The smallest absolute Gasteiger partial charge is 0.129 e. The SMILES string of the molecule is Cc1cc2c(cc1-c1cc3cc(Cl)ncc3n1C)ncn2COCC[Si](C)(C)C. The zero-order valence-electron chi connectivity index (χ0n) is 17.7. The number of hydrogen-bond donors (Lipinski definition) is 0. The molecule has 0 saturated carbocycles. The molecule has 0 fully saturated rings. The predicted octanol–water partition coefficient (Wildman–Crippen LogP) is 5.86. The van der Waals surface area contributed by atoms with E-state index in [9.17, 15) is 0 Å². The number of nitrogens with zero attached hydrogens (tertiary/aromatic N) is 4. The molecule has 0 N–H and O–H groups in total. The van der Waals surface area contributed by atoms with Gasteiger partial charge in [-0.05, 0) is 42.8 Å². The lowest BCUT2D eigenvalue weighted by Crippen LogP contribution is -2.21. The average molecular weight is 427 g/mol. The third-order valence-electron chi connectivity index (χ3n) is 5.37. The van der Waals surface area contributed by atoms with Crippen LogP contribution < -0.4 is 0 Å². The Bertz CT molecular complexity index is 1190. The molecule has 0 aliphatic rings. The van der Waals surface area contributed by atoms with E-state index in [2.05, 4.69) is 70.9 Å². The van der Waals surface area contributed by atoms with Crippen LogP contribution in [0.4, 0.5) is 0 Å². The molecule has 0 amide bonds. The van der Waals surface area contributed by atoms with Crippen molar-refractivity contribution >= 4 is 41.6 Å². The summed E-state index contributed by atoms with van der Waals surface area (Å²) in [6.45, 7) is 10.6. The fourth-order valence-corrected chi connectivity index (χ4v) is 4.52. The Labute approximate surface area is 177 Å². The maximum absolute atomic E-state index is 6.07. The molecule has 5 nitrogen and oxygen atoms in total. The molecule has 29 heavy (non-hydrogen) atoms. The molecule has 0 aliphatic carbocycles. The second kappa shape index (κ2) is 7.59. The summed E-state index contributed by atoms with van der Waals surface area (Å²) >= 11 is 6.07. The summed E-state index contributed by atoms with van der Waals surface area (Å²) in [5.74, 6) is 0. The quantitative estimate of drug-likeness (QED) is 0.220. The van der Waals surface area contributed by atoms with Crippen molar-refractivity contribution in [2.75, 3.05) is 6.61 Å². The molecule has 7 heteroatoms. The summed E-state index contributed by atoms with van der Waals surface area (Å²) in [5.41, 5.74) is 6.63. The number of aryl methyl sites for hydroxylation is 2. The van der Waals surface area contributed by atoms with E-state index in [1.54, 1.807) is 0 Å².